The third-order valence-electron chi connectivity index (χ3n) is 19.4. The van der Waals surface area contributed by atoms with Crippen molar-refractivity contribution in [1.29, 1.82) is 0 Å². The number of rotatable bonds is 0. The Bertz CT molecular complexity index is 3810. The van der Waals surface area contributed by atoms with Crippen molar-refractivity contribution in [3.8, 4) is 46.0 Å². The molecular formula is C100H136F12N2O20P2. The van der Waals surface area contributed by atoms with Gasteiger partial charge in [-0.2, -0.15) is 0 Å². The number of halogens is 12. The van der Waals surface area contributed by atoms with Gasteiger partial charge in [-0.15, -0.1) is 0 Å². The second-order valence-electron chi connectivity index (χ2n) is 31.2. The van der Waals surface area contributed by atoms with Crippen molar-refractivity contribution in [1.82, 2.24) is 0 Å². The number of hydrogen-bond donors (Lipinski definition) is 2. The minimum atomic E-state index is -10.7. The molecule has 0 radical (unpaired) electrons. The summed E-state index contributed by atoms with van der Waals surface area (Å²) >= 11 is 0. The second-order valence-corrected chi connectivity index (χ2v) is 35.0. The van der Waals surface area contributed by atoms with E-state index in [4.69, 9.17) is 94.7 Å². The van der Waals surface area contributed by atoms with Gasteiger partial charge in [-0.1, -0.05) is 170 Å². The molecular weight excluding hydrogens is 1840 g/mol. The fourth-order valence-corrected chi connectivity index (χ4v) is 12.7. The first-order chi connectivity index (χ1) is 65.6. The molecule has 17 rings (SSSR count). The summed E-state index contributed by atoms with van der Waals surface area (Å²) in [5, 5.41) is 4.73. The summed E-state index contributed by atoms with van der Waals surface area (Å²) in [7, 11) is -21.3. The van der Waals surface area contributed by atoms with E-state index in [0.29, 0.717) is 231 Å². The van der Waals surface area contributed by atoms with Gasteiger partial charge in [0.1, 0.15) is 79.0 Å². The Morgan fingerprint density at radius 1 is 0.162 bits per heavy atom. The first-order valence-corrected chi connectivity index (χ1v) is 50.3. The van der Waals surface area contributed by atoms with Crippen molar-refractivity contribution in [2.24, 2.45) is 0 Å². The number of hydrogen-bond acceptors (Lipinski definition) is 20. The second kappa shape index (κ2) is 64.4. The number of nitrogens with two attached hydrogens (primary N) is 2. The van der Waals surface area contributed by atoms with Gasteiger partial charge < -0.3 is 105 Å². The van der Waals surface area contributed by atoms with Gasteiger partial charge in [-0.05, 0) is 148 Å². The standard InChI is InChI=1S/C52H70N2O4.2C24H32O8.2F6P/c1-2-6-10-14-34-56-42-50-27-19-46(20-28-50)38-54-40-48-23-31-52(32-24-48)44-58-36-16-12-8-4-3-7-11-15-35-57-43-51-29-21-47(22-30-51)39-53-37-45-17-25-49(26-18-45)41-55-33-13-9-5-1;2*1-2-6-22-21(5-1)29-17-13-25-9-10-27-15-19-31-23-7-3-4-8-24(23)32-20-16-28-12-11-26-14-18-30-22;2*1-7(2,3,4,5)6/h1-4,17-32,53-54H,5-16,33-44H2;2*1-8H,9-20H2;;/q;;;2*-1/p+2. The zero-order valence-corrected chi connectivity index (χ0v) is 79.3. The third kappa shape index (κ3) is 64.3. The molecule has 8 bridgehead atoms. The molecule has 0 atom stereocenters. The Labute approximate surface area is 791 Å². The van der Waals surface area contributed by atoms with Crippen molar-refractivity contribution in [2.75, 3.05) is 185 Å². The van der Waals surface area contributed by atoms with E-state index >= 15 is 0 Å². The van der Waals surface area contributed by atoms with Crippen LogP contribution in [0.5, 0.6) is 46.0 Å². The van der Waals surface area contributed by atoms with E-state index < -0.39 is 15.6 Å². The van der Waals surface area contributed by atoms with Crippen LogP contribution < -0.4 is 48.5 Å². The van der Waals surface area contributed by atoms with Crippen molar-refractivity contribution >= 4 is 15.6 Å². The smallest absolute Gasteiger partial charge is 0.161 e. The normalized spacial score (nSPS) is 18.7. The van der Waals surface area contributed by atoms with Gasteiger partial charge >= 0.3 is 66.0 Å². The molecule has 8 aromatic rings. The van der Waals surface area contributed by atoms with Crippen LogP contribution in [-0.2, 0) is 109 Å². The van der Waals surface area contributed by atoms with E-state index in [9.17, 15) is 50.4 Å². The van der Waals surface area contributed by atoms with Gasteiger partial charge in [-0.3, -0.25) is 0 Å². The number of fused-ring (bicyclic) bond motifs is 4. The number of para-hydroxylation sites is 8. The van der Waals surface area contributed by atoms with Crippen LogP contribution in [0.4, 0.5) is 50.4 Å². The first kappa shape index (κ1) is 114. The Balaban J connectivity index is 0.000000274. The summed E-state index contributed by atoms with van der Waals surface area (Å²) in [4.78, 5) is 0. The summed E-state index contributed by atoms with van der Waals surface area (Å²) in [5.74, 6) is 5.46. The maximum absolute atomic E-state index is 10.7. The Kier molecular flexibility index (Phi) is 54.0. The van der Waals surface area contributed by atoms with Crippen LogP contribution in [0.15, 0.2) is 218 Å². The van der Waals surface area contributed by atoms with Gasteiger partial charge in [0.15, 0.2) is 46.0 Å². The molecule has 0 aliphatic carbocycles. The molecule has 0 spiro atoms. The molecule has 136 heavy (non-hydrogen) atoms. The van der Waals surface area contributed by atoms with Crippen LogP contribution >= 0.6 is 15.6 Å². The zero-order chi connectivity index (χ0) is 97.0. The molecule has 9 heterocycles. The SMILES string of the molecule is C1=CCCCCOCc2ccc(cc2)C[NH2+]Cc2ccc(cc2)COCCCCC=CCCCCOCc2ccc(cc2)C[NH2+]Cc2ccc(cc2)COCCCC1.F[P-](F)(F)(F)(F)F.F[P-](F)(F)(F)(F)F.c1ccc2c(c1)OCCOCCOCCOc1ccccc1OCCOCCOCCO2.c1ccc2c(c1)OCCOCCOCCOc1ccccc1OCCOCCOCCO2. The van der Waals surface area contributed by atoms with Crippen LogP contribution in [0, 0.1) is 0 Å². The molecule has 0 unspecified atom stereocenters. The van der Waals surface area contributed by atoms with Crippen LogP contribution in [0.3, 0.4) is 0 Å². The Hall–Kier alpha value is -8.90. The minimum Gasteiger partial charge on any atom is -0.487 e. The number of quaternary nitrogens is 2. The van der Waals surface area contributed by atoms with Crippen LogP contribution in [0.25, 0.3) is 0 Å². The van der Waals surface area contributed by atoms with Crippen LogP contribution in [0.2, 0.25) is 0 Å². The average molecular weight is 1980 g/mol. The number of benzene rings is 8. The molecule has 36 heteroatoms. The van der Waals surface area contributed by atoms with Gasteiger partial charge in [0.25, 0.3) is 0 Å². The average Bonchev–Trinajstić information content (AvgIpc) is 0.792. The number of allylic oxidation sites excluding steroid dienone is 4. The zero-order valence-electron chi connectivity index (χ0n) is 77.5. The predicted molar refractivity (Wildman–Crippen MR) is 500 cm³/mol. The van der Waals surface area contributed by atoms with E-state index in [1.807, 2.05) is 97.1 Å². The maximum atomic E-state index is 9.87. The molecule has 4 N–H and O–H groups in total. The monoisotopic (exact) mass is 1970 g/mol. The molecule has 9 aliphatic rings. The summed E-state index contributed by atoms with van der Waals surface area (Å²) in [6.45, 7) is 20.9. The summed E-state index contributed by atoms with van der Waals surface area (Å²) in [6.07, 6.45) is 22.9. The van der Waals surface area contributed by atoms with Crippen LogP contribution in [0.1, 0.15) is 122 Å². The first-order valence-electron chi connectivity index (χ1n) is 46.3. The van der Waals surface area contributed by atoms with E-state index in [-0.39, 0.29) is 0 Å². The molecule has 22 nitrogen and oxygen atoms in total. The van der Waals surface area contributed by atoms with E-state index in [2.05, 4.69) is 132 Å². The van der Waals surface area contributed by atoms with Crippen molar-refractivity contribution in [2.45, 2.75) is 130 Å². The molecule has 8 aromatic carbocycles. The third-order valence-corrected chi connectivity index (χ3v) is 19.4. The minimum absolute atomic E-state index is 0.425. The quantitative estimate of drug-likeness (QED) is 0.0819. The van der Waals surface area contributed by atoms with Crippen molar-refractivity contribution in [3.05, 3.63) is 263 Å². The fourth-order valence-electron chi connectivity index (χ4n) is 12.7. The molecule has 760 valence electrons. The van der Waals surface area contributed by atoms with Gasteiger partial charge in [0.2, 0.25) is 0 Å². The van der Waals surface area contributed by atoms with Gasteiger partial charge in [0, 0.05) is 48.7 Å². The molecule has 9 aliphatic heterocycles. The summed E-state index contributed by atoms with van der Waals surface area (Å²) in [6, 6.07) is 65.8. The van der Waals surface area contributed by atoms with Crippen molar-refractivity contribution in [3.63, 3.8) is 0 Å². The fraction of sp³-hybridized carbons (Fsp3) is 0.480. The van der Waals surface area contributed by atoms with E-state index in [0.717, 1.165) is 104 Å². The largest absolute Gasteiger partial charge is 0.487 e. The van der Waals surface area contributed by atoms with E-state index in [1.54, 1.807) is 0 Å². The van der Waals surface area contributed by atoms with E-state index in [1.165, 1.54) is 70.2 Å². The topological polar surface area (TPSA) is 218 Å². The molecule has 0 saturated heterocycles. The van der Waals surface area contributed by atoms with Gasteiger partial charge in [0.05, 0.1) is 132 Å². The molecule has 0 fully saturated rings. The van der Waals surface area contributed by atoms with Crippen molar-refractivity contribution < 1.29 is 156 Å². The molecule has 0 aromatic heterocycles. The molecule has 0 saturated carbocycles. The molecule has 0 amide bonds. The predicted octanol–water partition coefficient (Wildman–Crippen LogP) is 22.5. The Morgan fingerprint density at radius 3 is 0.456 bits per heavy atom. The Morgan fingerprint density at radius 2 is 0.301 bits per heavy atom. The maximum Gasteiger partial charge on any atom is 0.161 e. The summed E-state index contributed by atoms with van der Waals surface area (Å²) in [5.41, 5.74) is 10.4. The van der Waals surface area contributed by atoms with Gasteiger partial charge in [-0.25, -0.2) is 0 Å². The number of ether oxygens (including phenoxy) is 20. The summed E-state index contributed by atoms with van der Waals surface area (Å²) < 4.78 is 233. The van der Waals surface area contributed by atoms with Crippen LogP contribution in [-0.4, -0.2) is 185 Å².